The van der Waals surface area contributed by atoms with Gasteiger partial charge in [-0.3, -0.25) is 0 Å². The Labute approximate surface area is 96.9 Å². The van der Waals surface area contributed by atoms with Crippen LogP contribution in [0.25, 0.3) is 0 Å². The first kappa shape index (κ1) is 12.3. The quantitative estimate of drug-likeness (QED) is 0.778. The van der Waals surface area contributed by atoms with E-state index in [9.17, 15) is 0 Å². The molecular formula is C13H18ClN. The molecule has 0 aliphatic rings. The molecule has 0 amide bonds. The van der Waals surface area contributed by atoms with Crippen LogP contribution < -0.4 is 5.73 Å². The molecule has 0 fully saturated rings. The van der Waals surface area contributed by atoms with E-state index in [0.717, 1.165) is 17.0 Å². The maximum absolute atomic E-state index is 6.06. The van der Waals surface area contributed by atoms with Gasteiger partial charge in [0.1, 0.15) is 0 Å². The molecule has 0 aliphatic carbocycles. The maximum Gasteiger partial charge on any atom is 0.0406 e. The Balaban J connectivity index is 2.62. The van der Waals surface area contributed by atoms with Crippen LogP contribution in [0.4, 0.5) is 0 Å². The smallest absolute Gasteiger partial charge is 0.0406 e. The van der Waals surface area contributed by atoms with E-state index >= 15 is 0 Å². The Morgan fingerprint density at radius 1 is 1.33 bits per heavy atom. The van der Waals surface area contributed by atoms with Gasteiger partial charge in [-0.25, -0.2) is 0 Å². The molecule has 82 valence electrons. The SMILES string of the molecule is C=C(C(C)C)[C@H](N)Cc1ccc(Cl)cc1. The van der Waals surface area contributed by atoms with Gasteiger partial charge in [0, 0.05) is 11.1 Å². The molecule has 1 nitrogen and oxygen atoms in total. The molecule has 0 spiro atoms. The summed E-state index contributed by atoms with van der Waals surface area (Å²) in [6, 6.07) is 7.83. The first-order valence-corrected chi connectivity index (χ1v) is 5.57. The number of hydrogen-bond donors (Lipinski definition) is 1. The van der Waals surface area contributed by atoms with E-state index in [1.165, 1.54) is 5.56 Å². The molecule has 15 heavy (non-hydrogen) atoms. The highest BCUT2D eigenvalue weighted by atomic mass is 35.5. The molecule has 0 radical (unpaired) electrons. The fourth-order valence-corrected chi connectivity index (χ4v) is 1.56. The minimum Gasteiger partial charge on any atom is -0.324 e. The van der Waals surface area contributed by atoms with Crippen LogP contribution in [0.1, 0.15) is 19.4 Å². The van der Waals surface area contributed by atoms with Crippen molar-refractivity contribution >= 4 is 11.6 Å². The lowest BCUT2D eigenvalue weighted by Gasteiger charge is -2.17. The zero-order valence-electron chi connectivity index (χ0n) is 9.33. The Kier molecular flexibility index (Phi) is 4.37. The van der Waals surface area contributed by atoms with Gasteiger partial charge in [0.05, 0.1) is 0 Å². The first-order valence-electron chi connectivity index (χ1n) is 5.19. The van der Waals surface area contributed by atoms with E-state index in [1.807, 2.05) is 24.3 Å². The Morgan fingerprint density at radius 2 is 1.87 bits per heavy atom. The lowest BCUT2D eigenvalue weighted by Crippen LogP contribution is -2.27. The number of hydrogen-bond acceptors (Lipinski definition) is 1. The minimum absolute atomic E-state index is 0.0335. The lowest BCUT2D eigenvalue weighted by molar-refractivity contribution is 0.642. The molecule has 1 rings (SSSR count). The van der Waals surface area contributed by atoms with E-state index in [0.29, 0.717) is 5.92 Å². The second-order valence-corrected chi connectivity index (χ2v) is 4.60. The van der Waals surface area contributed by atoms with Crippen molar-refractivity contribution in [1.29, 1.82) is 0 Å². The van der Waals surface area contributed by atoms with E-state index < -0.39 is 0 Å². The van der Waals surface area contributed by atoms with Crippen molar-refractivity contribution in [3.63, 3.8) is 0 Å². The normalized spacial score (nSPS) is 12.9. The molecule has 1 aromatic rings. The summed E-state index contributed by atoms with van der Waals surface area (Å²) >= 11 is 5.81. The molecule has 0 saturated heterocycles. The Morgan fingerprint density at radius 3 is 2.33 bits per heavy atom. The van der Waals surface area contributed by atoms with Crippen molar-refractivity contribution < 1.29 is 0 Å². The summed E-state index contributed by atoms with van der Waals surface area (Å²) in [6.07, 6.45) is 0.828. The Hall–Kier alpha value is -0.790. The fourth-order valence-electron chi connectivity index (χ4n) is 1.43. The largest absolute Gasteiger partial charge is 0.324 e. The maximum atomic E-state index is 6.06. The van der Waals surface area contributed by atoms with Crippen molar-refractivity contribution in [1.82, 2.24) is 0 Å². The third-order valence-electron chi connectivity index (χ3n) is 2.59. The van der Waals surface area contributed by atoms with Crippen LogP contribution in [-0.2, 0) is 6.42 Å². The van der Waals surface area contributed by atoms with Crippen LogP contribution >= 0.6 is 11.6 Å². The summed E-state index contributed by atoms with van der Waals surface area (Å²) in [7, 11) is 0. The van der Waals surface area contributed by atoms with Crippen molar-refractivity contribution in [2.24, 2.45) is 11.7 Å². The van der Waals surface area contributed by atoms with Gasteiger partial charge in [0.2, 0.25) is 0 Å². The Bertz CT molecular complexity index is 327. The van der Waals surface area contributed by atoms with Crippen LogP contribution in [0.3, 0.4) is 0 Å². The summed E-state index contributed by atoms with van der Waals surface area (Å²) in [5.74, 6) is 0.437. The van der Waals surface area contributed by atoms with Crippen LogP contribution in [0.2, 0.25) is 5.02 Å². The van der Waals surface area contributed by atoms with E-state index in [4.69, 9.17) is 17.3 Å². The van der Waals surface area contributed by atoms with Crippen LogP contribution in [0.5, 0.6) is 0 Å². The van der Waals surface area contributed by atoms with Crippen molar-refractivity contribution in [3.8, 4) is 0 Å². The van der Waals surface area contributed by atoms with E-state index in [2.05, 4.69) is 20.4 Å². The van der Waals surface area contributed by atoms with Gasteiger partial charge in [-0.1, -0.05) is 49.7 Å². The molecular weight excluding hydrogens is 206 g/mol. The third-order valence-corrected chi connectivity index (χ3v) is 2.84. The number of rotatable bonds is 4. The van der Waals surface area contributed by atoms with Gasteiger partial charge in [0.25, 0.3) is 0 Å². The average Bonchev–Trinajstić information content (AvgIpc) is 2.20. The van der Waals surface area contributed by atoms with Gasteiger partial charge in [0.15, 0.2) is 0 Å². The first-order chi connectivity index (χ1) is 7.00. The monoisotopic (exact) mass is 223 g/mol. The summed E-state index contributed by atoms with van der Waals surface area (Å²) < 4.78 is 0. The van der Waals surface area contributed by atoms with Gasteiger partial charge >= 0.3 is 0 Å². The number of benzene rings is 1. The zero-order chi connectivity index (χ0) is 11.4. The molecule has 1 atom stereocenters. The van der Waals surface area contributed by atoms with Gasteiger partial charge in [-0.2, -0.15) is 0 Å². The van der Waals surface area contributed by atoms with Gasteiger partial charge in [-0.05, 0) is 30.0 Å². The molecule has 1 aromatic carbocycles. The highest BCUT2D eigenvalue weighted by Crippen LogP contribution is 2.16. The van der Waals surface area contributed by atoms with Crippen molar-refractivity contribution in [2.75, 3.05) is 0 Å². The minimum atomic E-state index is 0.0335. The predicted molar refractivity (Wildman–Crippen MR) is 67.1 cm³/mol. The molecule has 0 unspecified atom stereocenters. The average molecular weight is 224 g/mol. The van der Waals surface area contributed by atoms with E-state index in [-0.39, 0.29) is 6.04 Å². The zero-order valence-corrected chi connectivity index (χ0v) is 10.1. The van der Waals surface area contributed by atoms with Crippen LogP contribution in [-0.4, -0.2) is 6.04 Å². The molecule has 0 aliphatic heterocycles. The third kappa shape index (κ3) is 3.69. The molecule has 0 aromatic heterocycles. The predicted octanol–water partition coefficient (Wildman–Crippen LogP) is 3.42. The molecule has 2 N–H and O–H groups in total. The second kappa shape index (κ2) is 5.34. The number of nitrogens with two attached hydrogens (primary N) is 1. The molecule has 0 heterocycles. The summed E-state index contributed by atoms with van der Waals surface area (Å²) in [5.41, 5.74) is 8.36. The van der Waals surface area contributed by atoms with Crippen molar-refractivity contribution in [2.45, 2.75) is 26.3 Å². The molecule has 0 bridgehead atoms. The summed E-state index contributed by atoms with van der Waals surface area (Å²) in [5, 5.41) is 0.759. The van der Waals surface area contributed by atoms with Crippen LogP contribution in [0, 0.1) is 5.92 Å². The second-order valence-electron chi connectivity index (χ2n) is 4.17. The molecule has 2 heteroatoms. The van der Waals surface area contributed by atoms with Crippen LogP contribution in [0.15, 0.2) is 36.4 Å². The highest BCUT2D eigenvalue weighted by Gasteiger charge is 2.10. The summed E-state index contributed by atoms with van der Waals surface area (Å²) in [4.78, 5) is 0. The lowest BCUT2D eigenvalue weighted by atomic mass is 9.93. The van der Waals surface area contributed by atoms with Crippen molar-refractivity contribution in [3.05, 3.63) is 47.0 Å². The fraction of sp³-hybridized carbons (Fsp3) is 0.385. The van der Waals surface area contributed by atoms with Gasteiger partial charge in [-0.15, -0.1) is 0 Å². The topological polar surface area (TPSA) is 26.0 Å². The molecule has 0 saturated carbocycles. The number of halogens is 1. The van der Waals surface area contributed by atoms with E-state index in [1.54, 1.807) is 0 Å². The highest BCUT2D eigenvalue weighted by molar-refractivity contribution is 6.30. The summed E-state index contributed by atoms with van der Waals surface area (Å²) in [6.45, 7) is 8.25. The standard InChI is InChI=1S/C13H18ClN/c1-9(2)10(3)13(15)8-11-4-6-12(14)7-5-11/h4-7,9,13H,3,8,15H2,1-2H3/t13-/m1/s1. The van der Waals surface area contributed by atoms with Gasteiger partial charge < -0.3 is 5.73 Å².